The highest BCUT2D eigenvalue weighted by molar-refractivity contribution is 6.04. The molecule has 0 bridgehead atoms. The topological polar surface area (TPSA) is 54.0 Å². The van der Waals surface area contributed by atoms with Gasteiger partial charge in [-0.1, -0.05) is 12.1 Å². The van der Waals surface area contributed by atoms with Gasteiger partial charge < -0.3 is 10.6 Å². The molecule has 120 valence electrons. The fourth-order valence-corrected chi connectivity index (χ4v) is 2.26. The molecule has 0 fully saturated rings. The number of nitrogens with zero attached hydrogens (tertiary/aromatic N) is 1. The number of pyridine rings is 1. The van der Waals surface area contributed by atoms with E-state index in [1.54, 1.807) is 24.4 Å². The second-order valence-corrected chi connectivity index (χ2v) is 5.42. The zero-order chi connectivity index (χ0) is 16.9. The molecular weight excluding hydrogens is 305 g/mol. The number of hydrogen-bond acceptors (Lipinski definition) is 3. The Kier molecular flexibility index (Phi) is 4.52. The van der Waals surface area contributed by atoms with E-state index >= 15 is 0 Å². The summed E-state index contributed by atoms with van der Waals surface area (Å²) in [6.45, 7) is 1.96. The number of carbonyl (C=O) groups is 1. The number of aryl methyl sites for hydroxylation is 1. The van der Waals surface area contributed by atoms with E-state index in [0.29, 0.717) is 11.3 Å². The van der Waals surface area contributed by atoms with Gasteiger partial charge in [0.1, 0.15) is 5.82 Å². The van der Waals surface area contributed by atoms with E-state index in [4.69, 9.17) is 0 Å². The maximum atomic E-state index is 12.9. The largest absolute Gasteiger partial charge is 0.354 e. The zero-order valence-electron chi connectivity index (χ0n) is 13.1. The van der Waals surface area contributed by atoms with Gasteiger partial charge in [-0.2, -0.15) is 0 Å². The maximum absolute atomic E-state index is 12.9. The number of amides is 1. The molecule has 0 aliphatic rings. The number of rotatable bonds is 4. The fraction of sp³-hybridized carbons (Fsp3) is 0.0526. The summed E-state index contributed by atoms with van der Waals surface area (Å²) in [5.74, 6) is -0.541. The van der Waals surface area contributed by atoms with Crippen molar-refractivity contribution in [2.45, 2.75) is 6.92 Å². The van der Waals surface area contributed by atoms with Gasteiger partial charge in [0.05, 0.1) is 17.4 Å². The van der Waals surface area contributed by atoms with Crippen LogP contribution in [0.5, 0.6) is 0 Å². The number of halogens is 1. The summed E-state index contributed by atoms with van der Waals surface area (Å²) >= 11 is 0. The van der Waals surface area contributed by atoms with Gasteiger partial charge >= 0.3 is 0 Å². The molecule has 1 amide bonds. The number of anilines is 3. The van der Waals surface area contributed by atoms with Gasteiger partial charge in [0.15, 0.2) is 0 Å². The summed E-state index contributed by atoms with van der Waals surface area (Å²) in [5, 5.41) is 5.93. The van der Waals surface area contributed by atoms with Crippen LogP contribution in [0.4, 0.5) is 21.5 Å². The summed E-state index contributed by atoms with van der Waals surface area (Å²) in [5.41, 5.74) is 3.60. The third-order valence-electron chi connectivity index (χ3n) is 3.41. The van der Waals surface area contributed by atoms with Crippen LogP contribution in [-0.4, -0.2) is 10.9 Å². The second kappa shape index (κ2) is 6.91. The molecule has 2 aromatic carbocycles. The maximum Gasteiger partial charge on any atom is 0.257 e. The molecule has 2 N–H and O–H groups in total. The van der Waals surface area contributed by atoms with Crippen molar-refractivity contribution in [3.05, 3.63) is 83.9 Å². The van der Waals surface area contributed by atoms with Crippen molar-refractivity contribution in [1.82, 2.24) is 4.98 Å². The van der Waals surface area contributed by atoms with E-state index in [9.17, 15) is 9.18 Å². The Balaban J connectivity index is 1.74. The van der Waals surface area contributed by atoms with Crippen LogP contribution >= 0.6 is 0 Å². The first-order valence-corrected chi connectivity index (χ1v) is 7.46. The van der Waals surface area contributed by atoms with Crippen LogP contribution in [0.25, 0.3) is 0 Å². The predicted octanol–water partition coefficient (Wildman–Crippen LogP) is 4.53. The Morgan fingerprint density at radius 2 is 1.75 bits per heavy atom. The van der Waals surface area contributed by atoms with Crippen molar-refractivity contribution in [1.29, 1.82) is 0 Å². The Morgan fingerprint density at radius 1 is 0.958 bits per heavy atom. The standard InChI is InChI=1S/C19H16FN3O/c1-13-3-2-4-17(9-13)23-19(24)14-10-18(12-21-11-14)22-16-7-5-15(20)6-8-16/h2-12,22H,1H3,(H,23,24). The minimum Gasteiger partial charge on any atom is -0.354 e. The van der Waals surface area contributed by atoms with Crippen molar-refractivity contribution in [2.75, 3.05) is 10.6 Å². The van der Waals surface area contributed by atoms with Crippen molar-refractivity contribution < 1.29 is 9.18 Å². The van der Waals surface area contributed by atoms with Crippen LogP contribution < -0.4 is 10.6 Å². The summed E-state index contributed by atoms with van der Waals surface area (Å²) in [7, 11) is 0. The van der Waals surface area contributed by atoms with Crippen molar-refractivity contribution in [3.63, 3.8) is 0 Å². The molecule has 5 heteroatoms. The van der Waals surface area contributed by atoms with E-state index < -0.39 is 0 Å². The van der Waals surface area contributed by atoms with E-state index in [2.05, 4.69) is 15.6 Å². The number of nitrogens with one attached hydrogen (secondary N) is 2. The predicted molar refractivity (Wildman–Crippen MR) is 93.1 cm³/mol. The molecule has 0 aliphatic carbocycles. The second-order valence-electron chi connectivity index (χ2n) is 5.42. The SMILES string of the molecule is Cc1cccc(NC(=O)c2cncc(Nc3ccc(F)cc3)c2)c1. The van der Waals surface area contributed by atoms with Gasteiger partial charge in [-0.05, 0) is 55.0 Å². The lowest BCUT2D eigenvalue weighted by molar-refractivity contribution is 0.102. The molecule has 0 saturated heterocycles. The summed E-state index contributed by atoms with van der Waals surface area (Å²) in [4.78, 5) is 16.4. The van der Waals surface area contributed by atoms with Crippen LogP contribution in [0.2, 0.25) is 0 Å². The fourth-order valence-electron chi connectivity index (χ4n) is 2.26. The van der Waals surface area contributed by atoms with E-state index in [1.807, 2.05) is 31.2 Å². The lowest BCUT2D eigenvalue weighted by Crippen LogP contribution is -2.12. The van der Waals surface area contributed by atoms with Gasteiger partial charge in [-0.15, -0.1) is 0 Å². The first-order chi connectivity index (χ1) is 11.6. The molecular formula is C19H16FN3O. The van der Waals surface area contributed by atoms with Gasteiger partial charge in [0.2, 0.25) is 0 Å². The minimum atomic E-state index is -0.301. The molecule has 24 heavy (non-hydrogen) atoms. The average Bonchev–Trinajstić information content (AvgIpc) is 2.57. The normalized spacial score (nSPS) is 10.2. The number of benzene rings is 2. The lowest BCUT2D eigenvalue weighted by Gasteiger charge is -2.09. The molecule has 0 spiro atoms. The molecule has 3 aromatic rings. The highest BCUT2D eigenvalue weighted by Crippen LogP contribution is 2.18. The van der Waals surface area contributed by atoms with Crippen LogP contribution in [0.3, 0.4) is 0 Å². The molecule has 0 saturated carbocycles. The van der Waals surface area contributed by atoms with Crippen molar-refractivity contribution >= 4 is 23.0 Å². The van der Waals surface area contributed by atoms with E-state index in [1.165, 1.54) is 18.3 Å². The zero-order valence-corrected chi connectivity index (χ0v) is 13.1. The Morgan fingerprint density at radius 3 is 2.50 bits per heavy atom. The highest BCUT2D eigenvalue weighted by atomic mass is 19.1. The smallest absolute Gasteiger partial charge is 0.257 e. The average molecular weight is 321 g/mol. The van der Waals surface area contributed by atoms with E-state index in [0.717, 1.165) is 16.9 Å². The number of aromatic nitrogens is 1. The Hall–Kier alpha value is -3.21. The van der Waals surface area contributed by atoms with Crippen molar-refractivity contribution in [3.8, 4) is 0 Å². The van der Waals surface area contributed by atoms with Crippen molar-refractivity contribution in [2.24, 2.45) is 0 Å². The molecule has 0 unspecified atom stereocenters. The van der Waals surface area contributed by atoms with E-state index in [-0.39, 0.29) is 11.7 Å². The molecule has 1 aromatic heterocycles. The Labute approximate surface area is 139 Å². The van der Waals surface area contributed by atoms with Crippen LogP contribution in [0.1, 0.15) is 15.9 Å². The lowest BCUT2D eigenvalue weighted by atomic mass is 10.2. The van der Waals surface area contributed by atoms with Crippen LogP contribution in [0, 0.1) is 12.7 Å². The highest BCUT2D eigenvalue weighted by Gasteiger charge is 2.08. The third-order valence-corrected chi connectivity index (χ3v) is 3.41. The quantitative estimate of drug-likeness (QED) is 0.742. The Bertz CT molecular complexity index is 862. The molecule has 4 nitrogen and oxygen atoms in total. The molecule has 0 atom stereocenters. The first-order valence-electron chi connectivity index (χ1n) is 7.46. The van der Waals surface area contributed by atoms with Gasteiger partial charge in [0, 0.05) is 17.6 Å². The molecule has 1 heterocycles. The minimum absolute atomic E-state index is 0.240. The van der Waals surface area contributed by atoms with Gasteiger partial charge in [-0.3, -0.25) is 9.78 Å². The molecule has 3 rings (SSSR count). The summed E-state index contributed by atoms with van der Waals surface area (Å²) in [6.07, 6.45) is 3.10. The number of carbonyl (C=O) groups excluding carboxylic acids is 1. The van der Waals surface area contributed by atoms with Crippen LogP contribution in [-0.2, 0) is 0 Å². The molecule has 0 aliphatic heterocycles. The first kappa shape index (κ1) is 15.7. The van der Waals surface area contributed by atoms with Crippen LogP contribution in [0.15, 0.2) is 67.0 Å². The molecule has 0 radical (unpaired) electrons. The monoisotopic (exact) mass is 321 g/mol. The number of hydrogen-bond donors (Lipinski definition) is 2. The van der Waals surface area contributed by atoms with Gasteiger partial charge in [-0.25, -0.2) is 4.39 Å². The summed E-state index contributed by atoms with van der Waals surface area (Å²) < 4.78 is 12.9. The van der Waals surface area contributed by atoms with Gasteiger partial charge in [0.25, 0.3) is 5.91 Å². The summed E-state index contributed by atoms with van der Waals surface area (Å²) in [6, 6.07) is 15.2. The third kappa shape index (κ3) is 3.95.